The van der Waals surface area contributed by atoms with Crippen molar-refractivity contribution in [3.63, 3.8) is 0 Å². The molecule has 0 saturated carbocycles. The fourth-order valence-electron chi connectivity index (χ4n) is 5.61. The highest BCUT2D eigenvalue weighted by Gasteiger charge is 2.33. The van der Waals surface area contributed by atoms with Crippen molar-refractivity contribution in [2.45, 2.75) is 18.9 Å². The summed E-state index contributed by atoms with van der Waals surface area (Å²) in [6.45, 7) is 6.10. The van der Waals surface area contributed by atoms with Crippen molar-refractivity contribution in [2.24, 2.45) is 5.73 Å². The quantitative estimate of drug-likeness (QED) is 0.371. The number of amides is 4. The fraction of sp³-hybridized carbons (Fsp3) is 0.387. The molecule has 3 aliphatic rings. The normalized spacial score (nSPS) is 18.6. The molecule has 13 nitrogen and oxygen atoms in total. The van der Waals surface area contributed by atoms with Gasteiger partial charge < -0.3 is 40.5 Å². The third-order valence-electron chi connectivity index (χ3n) is 8.00. The SMILES string of the molecule is NC(=O)[C@@H]1CCCN1C(=O)c1ccc(NC(=O)Nc2ccc(-c3cc(N4CCOCC4)nc(N4CCOCC4)n3)cc2)cc1. The number of likely N-dealkylation sites (tertiary alicyclic amines) is 1. The highest BCUT2D eigenvalue weighted by Crippen LogP contribution is 2.27. The average molecular weight is 601 g/mol. The van der Waals surface area contributed by atoms with Crippen LogP contribution in [0.3, 0.4) is 0 Å². The van der Waals surface area contributed by atoms with Crippen molar-refractivity contribution >= 4 is 41.0 Å². The smallest absolute Gasteiger partial charge is 0.323 e. The molecule has 230 valence electrons. The van der Waals surface area contributed by atoms with Gasteiger partial charge in [-0.25, -0.2) is 9.78 Å². The van der Waals surface area contributed by atoms with Gasteiger partial charge in [-0.3, -0.25) is 9.59 Å². The lowest BCUT2D eigenvalue weighted by atomic mass is 10.1. The van der Waals surface area contributed by atoms with Crippen LogP contribution in [0.15, 0.2) is 54.6 Å². The Morgan fingerprint density at radius 3 is 1.98 bits per heavy atom. The molecule has 2 aromatic carbocycles. The van der Waals surface area contributed by atoms with Gasteiger partial charge in [-0.15, -0.1) is 0 Å². The summed E-state index contributed by atoms with van der Waals surface area (Å²) in [5.74, 6) is 0.795. The molecule has 0 bridgehead atoms. The number of nitrogens with one attached hydrogen (secondary N) is 2. The zero-order valence-electron chi connectivity index (χ0n) is 24.4. The molecule has 0 radical (unpaired) electrons. The van der Waals surface area contributed by atoms with Gasteiger partial charge in [0.05, 0.1) is 32.1 Å². The van der Waals surface area contributed by atoms with Crippen LogP contribution in [0.2, 0.25) is 0 Å². The predicted molar refractivity (Wildman–Crippen MR) is 166 cm³/mol. The fourth-order valence-corrected chi connectivity index (χ4v) is 5.61. The maximum Gasteiger partial charge on any atom is 0.323 e. The first-order valence-electron chi connectivity index (χ1n) is 14.9. The molecule has 3 fully saturated rings. The molecule has 13 heteroatoms. The summed E-state index contributed by atoms with van der Waals surface area (Å²) >= 11 is 0. The standard InChI is InChI=1S/C31H36N8O5/c32-28(40)26-2-1-11-39(26)29(41)22-5-9-24(10-6-22)34-31(42)33-23-7-3-21(4-8-23)25-20-27(37-12-16-43-17-13-37)36-30(35-25)38-14-18-44-19-15-38/h3-10,20,26H,1-2,11-19H2,(H2,32,40)(H2,33,34,42)/t26-/m0/s1. The van der Waals surface area contributed by atoms with Crippen LogP contribution in [0.5, 0.6) is 0 Å². The van der Waals surface area contributed by atoms with Crippen LogP contribution in [0.25, 0.3) is 11.3 Å². The number of aromatic nitrogens is 2. The van der Waals surface area contributed by atoms with Crippen molar-refractivity contribution in [1.82, 2.24) is 14.9 Å². The van der Waals surface area contributed by atoms with E-state index in [0.717, 1.165) is 49.7 Å². The summed E-state index contributed by atoms with van der Waals surface area (Å²) in [6.07, 6.45) is 1.32. The van der Waals surface area contributed by atoms with E-state index in [1.54, 1.807) is 24.3 Å². The second kappa shape index (κ2) is 13.3. The summed E-state index contributed by atoms with van der Waals surface area (Å²) in [7, 11) is 0. The Hall–Kier alpha value is -4.75. The van der Waals surface area contributed by atoms with Crippen LogP contribution in [0.4, 0.5) is 27.9 Å². The van der Waals surface area contributed by atoms with Crippen LogP contribution in [0.1, 0.15) is 23.2 Å². The van der Waals surface area contributed by atoms with Crippen molar-refractivity contribution in [3.8, 4) is 11.3 Å². The van der Waals surface area contributed by atoms with Crippen LogP contribution in [-0.2, 0) is 14.3 Å². The van der Waals surface area contributed by atoms with Gasteiger partial charge in [-0.1, -0.05) is 12.1 Å². The Morgan fingerprint density at radius 2 is 1.36 bits per heavy atom. The van der Waals surface area contributed by atoms with Crippen molar-refractivity contribution in [2.75, 3.05) is 79.6 Å². The van der Waals surface area contributed by atoms with Crippen LogP contribution in [-0.4, -0.2) is 97.9 Å². The summed E-state index contributed by atoms with van der Waals surface area (Å²) in [5.41, 5.74) is 8.71. The minimum atomic E-state index is -0.578. The number of benzene rings is 2. The van der Waals surface area contributed by atoms with Gasteiger partial charge in [0.1, 0.15) is 11.9 Å². The largest absolute Gasteiger partial charge is 0.378 e. The van der Waals surface area contributed by atoms with Gasteiger partial charge in [-0.05, 0) is 49.2 Å². The van der Waals surface area contributed by atoms with Crippen molar-refractivity contribution in [1.29, 1.82) is 0 Å². The first-order valence-corrected chi connectivity index (χ1v) is 14.9. The summed E-state index contributed by atoms with van der Waals surface area (Å²) in [6, 6.07) is 15.0. The number of carbonyl (C=O) groups excluding carboxylic acids is 3. The molecule has 3 saturated heterocycles. The maximum atomic E-state index is 12.9. The Balaban J connectivity index is 1.11. The lowest BCUT2D eigenvalue weighted by molar-refractivity contribution is -0.121. The van der Waals surface area contributed by atoms with E-state index in [2.05, 4.69) is 20.4 Å². The third-order valence-corrected chi connectivity index (χ3v) is 8.00. The number of primary amides is 1. The van der Waals surface area contributed by atoms with Crippen LogP contribution >= 0.6 is 0 Å². The number of nitrogens with zero attached hydrogens (tertiary/aromatic N) is 5. The van der Waals surface area contributed by atoms with Crippen molar-refractivity contribution in [3.05, 3.63) is 60.2 Å². The number of hydrogen-bond donors (Lipinski definition) is 3. The van der Waals surface area contributed by atoms with E-state index in [1.165, 1.54) is 4.90 Å². The van der Waals surface area contributed by atoms with Gasteiger partial charge >= 0.3 is 6.03 Å². The minimum Gasteiger partial charge on any atom is -0.378 e. The van der Waals surface area contributed by atoms with E-state index in [1.807, 2.05) is 30.3 Å². The van der Waals surface area contributed by atoms with Crippen molar-refractivity contribution < 1.29 is 23.9 Å². The van der Waals surface area contributed by atoms with E-state index in [4.69, 9.17) is 25.2 Å². The topological polar surface area (TPSA) is 155 Å². The molecule has 0 unspecified atom stereocenters. The maximum absolute atomic E-state index is 12.9. The zero-order chi connectivity index (χ0) is 30.5. The second-order valence-electron chi connectivity index (χ2n) is 10.9. The number of urea groups is 1. The molecule has 4 heterocycles. The molecule has 0 spiro atoms. The molecule has 0 aliphatic carbocycles. The Bertz CT molecular complexity index is 1450. The highest BCUT2D eigenvalue weighted by molar-refractivity contribution is 6.01. The molecule has 3 aromatic rings. The Kier molecular flexibility index (Phi) is 8.84. The number of nitrogens with two attached hydrogens (primary N) is 1. The molecular formula is C31H36N8O5. The number of morpholine rings is 2. The molecule has 4 amide bonds. The number of anilines is 4. The zero-order valence-corrected chi connectivity index (χ0v) is 24.4. The molecule has 44 heavy (non-hydrogen) atoms. The molecule has 1 atom stereocenters. The van der Waals surface area contributed by atoms with E-state index in [-0.39, 0.29) is 5.91 Å². The molecule has 6 rings (SSSR count). The number of rotatable bonds is 7. The molecule has 1 aromatic heterocycles. The first-order chi connectivity index (χ1) is 21.4. The molecule has 3 aliphatic heterocycles. The Labute approximate surface area is 255 Å². The summed E-state index contributed by atoms with van der Waals surface area (Å²) in [5, 5.41) is 5.63. The van der Waals surface area contributed by atoms with E-state index in [0.29, 0.717) is 62.3 Å². The number of carbonyl (C=O) groups is 3. The summed E-state index contributed by atoms with van der Waals surface area (Å²) < 4.78 is 11.0. The van der Waals surface area contributed by atoms with Gasteiger partial charge in [0.15, 0.2) is 0 Å². The first kappa shape index (κ1) is 29.3. The predicted octanol–water partition coefficient (Wildman–Crippen LogP) is 2.55. The van der Waals surface area contributed by atoms with Crippen LogP contribution < -0.4 is 26.2 Å². The monoisotopic (exact) mass is 600 g/mol. The molecular weight excluding hydrogens is 564 g/mol. The average Bonchev–Trinajstić information content (AvgIpc) is 3.57. The number of hydrogen-bond acceptors (Lipinski definition) is 9. The number of ether oxygens (including phenoxy) is 2. The van der Waals surface area contributed by atoms with Gasteiger partial charge in [0.2, 0.25) is 11.9 Å². The minimum absolute atomic E-state index is 0.250. The second-order valence-corrected chi connectivity index (χ2v) is 10.9. The summed E-state index contributed by atoms with van der Waals surface area (Å²) in [4.78, 5) is 52.9. The van der Waals surface area contributed by atoms with Gasteiger partial charge in [0.25, 0.3) is 5.91 Å². The van der Waals surface area contributed by atoms with Gasteiger partial charge in [0, 0.05) is 61.3 Å². The Morgan fingerprint density at radius 1 is 0.773 bits per heavy atom. The van der Waals surface area contributed by atoms with E-state index < -0.39 is 18.0 Å². The lowest BCUT2D eigenvalue weighted by Crippen LogP contribution is -2.43. The highest BCUT2D eigenvalue weighted by atomic mass is 16.5. The molecule has 4 N–H and O–H groups in total. The third kappa shape index (κ3) is 6.74. The van der Waals surface area contributed by atoms with Gasteiger partial charge in [-0.2, -0.15) is 4.98 Å². The van der Waals surface area contributed by atoms with E-state index >= 15 is 0 Å². The van der Waals surface area contributed by atoms with Crippen LogP contribution in [0, 0.1) is 0 Å². The lowest BCUT2D eigenvalue weighted by Gasteiger charge is -2.31. The van der Waals surface area contributed by atoms with E-state index in [9.17, 15) is 14.4 Å².